The highest BCUT2D eigenvalue weighted by Crippen LogP contribution is 2.30. The Kier molecular flexibility index (Phi) is 6.11. The van der Waals surface area contributed by atoms with Crippen LogP contribution in [-0.4, -0.2) is 38.9 Å². The first-order valence-electron chi connectivity index (χ1n) is 7.40. The number of hydrazine groups is 1. The number of hydrogen-bond donors (Lipinski definition) is 3. The molecule has 0 radical (unpaired) electrons. The molecule has 2 aliphatic rings. The first-order valence-corrected chi connectivity index (χ1v) is 7.40. The van der Waals surface area contributed by atoms with E-state index in [1.165, 1.54) is 5.56 Å². The normalized spacial score (nSPS) is 23.7. The van der Waals surface area contributed by atoms with Crippen molar-refractivity contribution >= 4 is 12.4 Å². The molecule has 1 aromatic rings. The largest absolute Gasteiger partial charge is 0.486 e. The fourth-order valence-corrected chi connectivity index (χ4v) is 2.66. The number of benzene rings is 1. The SMILES string of the molecule is CC1NNCC1CNCCc1ccc2c(c1)OCCO2.Cl. The summed E-state index contributed by atoms with van der Waals surface area (Å²) >= 11 is 0. The average Bonchev–Trinajstić information content (AvgIpc) is 2.89. The van der Waals surface area contributed by atoms with Gasteiger partial charge in [0.05, 0.1) is 0 Å². The lowest BCUT2D eigenvalue weighted by molar-refractivity contribution is 0.171. The number of ether oxygens (including phenoxy) is 2. The summed E-state index contributed by atoms with van der Waals surface area (Å²) in [4.78, 5) is 0. The lowest BCUT2D eigenvalue weighted by atomic mass is 10.0. The van der Waals surface area contributed by atoms with Crippen LogP contribution in [0.1, 0.15) is 12.5 Å². The summed E-state index contributed by atoms with van der Waals surface area (Å²) in [6.07, 6.45) is 1.01. The van der Waals surface area contributed by atoms with Crippen molar-refractivity contribution in [2.75, 3.05) is 32.8 Å². The Labute approximate surface area is 132 Å². The van der Waals surface area contributed by atoms with Gasteiger partial charge >= 0.3 is 0 Å². The summed E-state index contributed by atoms with van der Waals surface area (Å²) in [5.41, 5.74) is 7.73. The second-order valence-corrected chi connectivity index (χ2v) is 5.51. The fraction of sp³-hybridized carbons (Fsp3) is 0.600. The van der Waals surface area contributed by atoms with E-state index >= 15 is 0 Å². The second-order valence-electron chi connectivity index (χ2n) is 5.51. The summed E-state index contributed by atoms with van der Waals surface area (Å²) in [6, 6.07) is 6.77. The maximum absolute atomic E-state index is 5.60. The molecule has 0 saturated carbocycles. The predicted molar refractivity (Wildman–Crippen MR) is 85.3 cm³/mol. The molecule has 0 bridgehead atoms. The van der Waals surface area contributed by atoms with Crippen LogP contribution in [0, 0.1) is 5.92 Å². The molecule has 118 valence electrons. The topological polar surface area (TPSA) is 54.5 Å². The third-order valence-electron chi connectivity index (χ3n) is 4.00. The first kappa shape index (κ1) is 16.4. The summed E-state index contributed by atoms with van der Waals surface area (Å²) in [6.45, 7) is 6.59. The molecule has 0 aliphatic carbocycles. The number of rotatable bonds is 5. The first-order chi connectivity index (χ1) is 9.83. The van der Waals surface area contributed by atoms with Crippen LogP contribution in [0.25, 0.3) is 0 Å². The Balaban J connectivity index is 0.00000161. The van der Waals surface area contributed by atoms with E-state index in [1.807, 2.05) is 6.07 Å². The van der Waals surface area contributed by atoms with E-state index in [4.69, 9.17) is 9.47 Å². The number of fused-ring (bicyclic) bond motifs is 1. The summed E-state index contributed by atoms with van der Waals surface area (Å²) < 4.78 is 11.1. The Hall–Kier alpha value is -1.01. The molecular formula is C15H24ClN3O2. The van der Waals surface area contributed by atoms with Crippen LogP contribution < -0.4 is 25.6 Å². The van der Waals surface area contributed by atoms with Gasteiger partial charge < -0.3 is 14.8 Å². The van der Waals surface area contributed by atoms with Gasteiger partial charge in [-0.25, -0.2) is 0 Å². The maximum atomic E-state index is 5.60. The van der Waals surface area contributed by atoms with Crippen molar-refractivity contribution in [1.82, 2.24) is 16.2 Å². The lowest BCUT2D eigenvalue weighted by Gasteiger charge is -2.19. The number of nitrogens with one attached hydrogen (secondary N) is 3. The van der Waals surface area contributed by atoms with E-state index in [0.29, 0.717) is 25.2 Å². The van der Waals surface area contributed by atoms with Crippen molar-refractivity contribution in [2.45, 2.75) is 19.4 Å². The number of hydrogen-bond acceptors (Lipinski definition) is 5. The smallest absolute Gasteiger partial charge is 0.161 e. The minimum atomic E-state index is 0. The molecule has 3 N–H and O–H groups in total. The van der Waals surface area contributed by atoms with Gasteiger partial charge in [0.15, 0.2) is 11.5 Å². The van der Waals surface area contributed by atoms with Crippen molar-refractivity contribution in [2.24, 2.45) is 5.92 Å². The maximum Gasteiger partial charge on any atom is 0.161 e. The Morgan fingerprint density at radius 1 is 1.24 bits per heavy atom. The van der Waals surface area contributed by atoms with Gasteiger partial charge in [-0.1, -0.05) is 6.07 Å². The van der Waals surface area contributed by atoms with Gasteiger partial charge in [-0.2, -0.15) is 0 Å². The zero-order valence-corrected chi connectivity index (χ0v) is 13.2. The van der Waals surface area contributed by atoms with E-state index in [-0.39, 0.29) is 12.4 Å². The fourth-order valence-electron chi connectivity index (χ4n) is 2.66. The molecule has 2 unspecified atom stereocenters. The van der Waals surface area contributed by atoms with Crippen LogP contribution in [0.2, 0.25) is 0 Å². The van der Waals surface area contributed by atoms with E-state index in [9.17, 15) is 0 Å². The Bertz CT molecular complexity index is 459. The van der Waals surface area contributed by atoms with Crippen LogP contribution in [0.3, 0.4) is 0 Å². The van der Waals surface area contributed by atoms with Gasteiger partial charge in [0.2, 0.25) is 0 Å². The van der Waals surface area contributed by atoms with Gasteiger partial charge in [0.25, 0.3) is 0 Å². The highest BCUT2D eigenvalue weighted by Gasteiger charge is 2.21. The summed E-state index contributed by atoms with van der Waals surface area (Å²) in [5.74, 6) is 2.41. The molecule has 3 rings (SSSR count). The zero-order chi connectivity index (χ0) is 13.8. The average molecular weight is 314 g/mol. The standard InChI is InChI=1S/C15H23N3O2.ClH/c1-11-13(10-17-18-11)9-16-5-4-12-2-3-14-15(8-12)20-7-6-19-14;/h2-3,8,11,13,16-18H,4-7,9-10H2,1H3;1H. The van der Waals surface area contributed by atoms with Crippen LogP contribution in [0.15, 0.2) is 18.2 Å². The molecule has 2 atom stereocenters. The molecule has 21 heavy (non-hydrogen) atoms. The van der Waals surface area contributed by atoms with Crippen molar-refractivity contribution in [1.29, 1.82) is 0 Å². The van der Waals surface area contributed by atoms with Crippen LogP contribution in [0.5, 0.6) is 11.5 Å². The van der Waals surface area contributed by atoms with Crippen molar-refractivity contribution in [3.8, 4) is 11.5 Å². The van der Waals surface area contributed by atoms with Gasteiger partial charge in [-0.15, -0.1) is 12.4 Å². The molecule has 0 spiro atoms. The molecule has 6 heteroatoms. The van der Waals surface area contributed by atoms with Crippen LogP contribution in [-0.2, 0) is 6.42 Å². The predicted octanol–water partition coefficient (Wildman–Crippen LogP) is 1.12. The molecule has 5 nitrogen and oxygen atoms in total. The number of halogens is 1. The molecule has 2 heterocycles. The highest BCUT2D eigenvalue weighted by molar-refractivity contribution is 5.85. The van der Waals surface area contributed by atoms with Crippen molar-refractivity contribution in [3.63, 3.8) is 0 Å². The van der Waals surface area contributed by atoms with E-state index in [0.717, 1.165) is 37.6 Å². The highest BCUT2D eigenvalue weighted by atomic mass is 35.5. The minimum Gasteiger partial charge on any atom is -0.486 e. The Morgan fingerprint density at radius 3 is 2.81 bits per heavy atom. The molecule has 1 saturated heterocycles. The van der Waals surface area contributed by atoms with Crippen molar-refractivity contribution < 1.29 is 9.47 Å². The second kappa shape index (κ2) is 7.84. The molecule has 1 fully saturated rings. The van der Waals surface area contributed by atoms with E-state index in [2.05, 4.69) is 35.2 Å². The van der Waals surface area contributed by atoms with E-state index < -0.39 is 0 Å². The Morgan fingerprint density at radius 2 is 2.05 bits per heavy atom. The zero-order valence-electron chi connectivity index (χ0n) is 12.4. The molecule has 0 amide bonds. The molecule has 1 aromatic carbocycles. The van der Waals surface area contributed by atoms with Crippen molar-refractivity contribution in [3.05, 3.63) is 23.8 Å². The third kappa shape index (κ3) is 4.23. The third-order valence-corrected chi connectivity index (χ3v) is 4.00. The summed E-state index contributed by atoms with van der Waals surface area (Å²) in [5, 5.41) is 3.53. The van der Waals surface area contributed by atoms with Gasteiger partial charge in [0.1, 0.15) is 13.2 Å². The van der Waals surface area contributed by atoms with Crippen LogP contribution >= 0.6 is 12.4 Å². The molecule has 2 aliphatic heterocycles. The van der Waals surface area contributed by atoms with Crippen LogP contribution in [0.4, 0.5) is 0 Å². The van der Waals surface area contributed by atoms with Gasteiger partial charge in [0, 0.05) is 25.0 Å². The summed E-state index contributed by atoms with van der Waals surface area (Å²) in [7, 11) is 0. The lowest BCUT2D eigenvalue weighted by Crippen LogP contribution is -2.33. The molecule has 0 aromatic heterocycles. The molecular weight excluding hydrogens is 290 g/mol. The quantitative estimate of drug-likeness (QED) is 0.711. The van der Waals surface area contributed by atoms with E-state index in [1.54, 1.807) is 0 Å². The van der Waals surface area contributed by atoms with Gasteiger partial charge in [-0.05, 0) is 37.6 Å². The van der Waals surface area contributed by atoms with Gasteiger partial charge in [-0.3, -0.25) is 10.9 Å². The minimum absolute atomic E-state index is 0. The monoisotopic (exact) mass is 313 g/mol.